The Hall–Kier alpha value is -2.82. The number of para-hydroxylation sites is 2. The number of anilines is 2. The first-order valence-corrected chi connectivity index (χ1v) is 9.16. The number of nitrogens with zero attached hydrogens (tertiary/aromatic N) is 1. The number of rotatable bonds is 3. The summed E-state index contributed by atoms with van der Waals surface area (Å²) in [6.07, 6.45) is 3.19. The lowest BCUT2D eigenvalue weighted by molar-refractivity contribution is -0.125. The zero-order valence-electron chi connectivity index (χ0n) is 14.6. The Morgan fingerprint density at radius 2 is 1.73 bits per heavy atom. The fraction of sp³-hybridized carbons (Fsp3) is 0.333. The van der Waals surface area contributed by atoms with Crippen LogP contribution >= 0.6 is 0 Å². The summed E-state index contributed by atoms with van der Waals surface area (Å²) in [5, 5.41) is 2.97. The fourth-order valence-electron chi connectivity index (χ4n) is 3.68. The van der Waals surface area contributed by atoms with Gasteiger partial charge in [-0.15, -0.1) is 0 Å². The predicted octanol–water partition coefficient (Wildman–Crippen LogP) is 3.40. The molecule has 1 N–H and O–H groups in total. The van der Waals surface area contributed by atoms with E-state index in [4.69, 9.17) is 4.74 Å². The molecular formula is C21H22N2O3. The number of piperidine rings is 1. The van der Waals surface area contributed by atoms with Crippen LogP contribution in [0.3, 0.4) is 0 Å². The van der Waals surface area contributed by atoms with Crippen molar-refractivity contribution in [1.29, 1.82) is 0 Å². The summed E-state index contributed by atoms with van der Waals surface area (Å²) in [7, 11) is 0. The number of ether oxygens (including phenoxy) is 1. The summed E-state index contributed by atoms with van der Waals surface area (Å²) in [6, 6.07) is 15.1. The third-order valence-corrected chi connectivity index (χ3v) is 5.04. The molecule has 2 heterocycles. The van der Waals surface area contributed by atoms with Gasteiger partial charge in [0, 0.05) is 19.5 Å². The summed E-state index contributed by atoms with van der Waals surface area (Å²) in [4.78, 5) is 27.2. The largest absolute Gasteiger partial charge is 0.448 e. The number of nitrogens with one attached hydrogen (secondary N) is 1. The average molecular weight is 350 g/mol. The number of benzene rings is 2. The van der Waals surface area contributed by atoms with Crippen LogP contribution < -0.4 is 10.2 Å². The molecule has 2 aromatic rings. The number of hydrogen-bond donors (Lipinski definition) is 1. The molecule has 2 aliphatic rings. The molecule has 26 heavy (non-hydrogen) atoms. The number of carbonyl (C=O) groups excluding carboxylic acids is 2. The number of amides is 1. The first kappa shape index (κ1) is 16.6. The lowest BCUT2D eigenvalue weighted by Gasteiger charge is -2.31. The van der Waals surface area contributed by atoms with Gasteiger partial charge in [-0.2, -0.15) is 0 Å². The molecule has 134 valence electrons. The van der Waals surface area contributed by atoms with E-state index in [9.17, 15) is 9.59 Å². The predicted molar refractivity (Wildman–Crippen MR) is 100 cm³/mol. The van der Waals surface area contributed by atoms with Crippen LogP contribution in [0.4, 0.5) is 11.4 Å². The van der Waals surface area contributed by atoms with E-state index in [0.717, 1.165) is 30.0 Å². The zero-order chi connectivity index (χ0) is 17.9. The molecule has 0 bridgehead atoms. The lowest BCUT2D eigenvalue weighted by Crippen LogP contribution is -2.38. The Kier molecular flexibility index (Phi) is 4.61. The monoisotopic (exact) mass is 350 g/mol. The third-order valence-electron chi connectivity index (χ3n) is 5.04. The quantitative estimate of drug-likeness (QED) is 0.862. The van der Waals surface area contributed by atoms with Gasteiger partial charge in [0.25, 0.3) is 5.91 Å². The van der Waals surface area contributed by atoms with Gasteiger partial charge in [0.05, 0.1) is 16.9 Å². The summed E-state index contributed by atoms with van der Waals surface area (Å²) < 4.78 is 5.37. The summed E-state index contributed by atoms with van der Waals surface area (Å²) >= 11 is 0. The van der Waals surface area contributed by atoms with E-state index in [1.54, 1.807) is 12.1 Å². The van der Waals surface area contributed by atoms with E-state index < -0.39 is 12.1 Å². The number of esters is 1. The molecule has 0 spiro atoms. The van der Waals surface area contributed by atoms with E-state index in [1.807, 2.05) is 36.4 Å². The van der Waals surface area contributed by atoms with Gasteiger partial charge in [-0.05, 0) is 43.0 Å². The number of carbonyl (C=O) groups is 2. The molecule has 2 aromatic carbocycles. The summed E-state index contributed by atoms with van der Waals surface area (Å²) in [6.45, 7) is 2.00. The van der Waals surface area contributed by atoms with Crippen molar-refractivity contribution in [2.75, 3.05) is 23.3 Å². The molecular weight excluding hydrogens is 328 g/mol. The van der Waals surface area contributed by atoms with Crippen molar-refractivity contribution in [3.8, 4) is 0 Å². The highest BCUT2D eigenvalue weighted by Gasteiger charge is 2.31. The van der Waals surface area contributed by atoms with Crippen LogP contribution in [0, 0.1) is 0 Å². The molecule has 1 saturated heterocycles. The highest BCUT2D eigenvalue weighted by Crippen LogP contribution is 2.29. The standard InChI is InChI=1S/C21H22N2O3/c24-20(19-14-15-8-2-3-9-16(15)21(25)26-19)22-17-10-4-5-11-18(17)23-12-6-1-7-13-23/h2-5,8-11,19H,1,6-7,12-14H2,(H,22,24). The summed E-state index contributed by atoms with van der Waals surface area (Å²) in [5.74, 6) is -0.714. The van der Waals surface area contributed by atoms with Gasteiger partial charge in [-0.1, -0.05) is 30.3 Å². The van der Waals surface area contributed by atoms with Crippen molar-refractivity contribution in [1.82, 2.24) is 0 Å². The third kappa shape index (κ3) is 3.29. The maximum atomic E-state index is 12.8. The first-order valence-electron chi connectivity index (χ1n) is 9.16. The Morgan fingerprint density at radius 1 is 1.00 bits per heavy atom. The Morgan fingerprint density at radius 3 is 2.58 bits per heavy atom. The molecule has 0 radical (unpaired) electrons. The minimum Gasteiger partial charge on any atom is -0.448 e. The van der Waals surface area contributed by atoms with Crippen LogP contribution in [-0.4, -0.2) is 31.1 Å². The maximum absolute atomic E-state index is 12.8. The van der Waals surface area contributed by atoms with Crippen LogP contribution in [0.2, 0.25) is 0 Å². The molecule has 1 fully saturated rings. The minimum atomic E-state index is -0.799. The van der Waals surface area contributed by atoms with E-state index >= 15 is 0 Å². The van der Waals surface area contributed by atoms with E-state index in [-0.39, 0.29) is 5.91 Å². The van der Waals surface area contributed by atoms with Gasteiger partial charge < -0.3 is 15.0 Å². The molecule has 1 amide bonds. The number of fused-ring (bicyclic) bond motifs is 1. The second-order valence-electron chi connectivity index (χ2n) is 6.81. The van der Waals surface area contributed by atoms with Crippen molar-refractivity contribution in [2.24, 2.45) is 0 Å². The second kappa shape index (κ2) is 7.20. The van der Waals surface area contributed by atoms with Crippen LogP contribution in [0.25, 0.3) is 0 Å². The molecule has 0 aliphatic carbocycles. The van der Waals surface area contributed by atoms with Crippen molar-refractivity contribution in [3.63, 3.8) is 0 Å². The van der Waals surface area contributed by atoms with Gasteiger partial charge >= 0.3 is 5.97 Å². The average Bonchev–Trinajstić information content (AvgIpc) is 2.69. The normalized spacial score (nSPS) is 19.5. The van der Waals surface area contributed by atoms with Crippen LogP contribution in [0.15, 0.2) is 48.5 Å². The first-order chi connectivity index (χ1) is 12.7. The van der Waals surface area contributed by atoms with Gasteiger partial charge in [-0.25, -0.2) is 4.79 Å². The Balaban J connectivity index is 1.52. The maximum Gasteiger partial charge on any atom is 0.339 e. The van der Waals surface area contributed by atoms with Gasteiger partial charge in [-0.3, -0.25) is 4.79 Å². The fourth-order valence-corrected chi connectivity index (χ4v) is 3.68. The van der Waals surface area contributed by atoms with Crippen molar-refractivity contribution in [2.45, 2.75) is 31.8 Å². The van der Waals surface area contributed by atoms with Gasteiger partial charge in [0.2, 0.25) is 0 Å². The van der Waals surface area contributed by atoms with Gasteiger partial charge in [0.15, 0.2) is 6.10 Å². The van der Waals surface area contributed by atoms with Crippen molar-refractivity contribution >= 4 is 23.3 Å². The van der Waals surface area contributed by atoms with E-state index in [1.165, 1.54) is 19.3 Å². The molecule has 1 atom stereocenters. The van der Waals surface area contributed by atoms with Crippen LogP contribution in [0.1, 0.15) is 35.2 Å². The second-order valence-corrected chi connectivity index (χ2v) is 6.81. The van der Waals surface area contributed by atoms with Crippen molar-refractivity contribution < 1.29 is 14.3 Å². The highest BCUT2D eigenvalue weighted by atomic mass is 16.5. The Bertz CT molecular complexity index is 828. The molecule has 5 heteroatoms. The molecule has 2 aliphatic heterocycles. The molecule has 4 rings (SSSR count). The van der Waals surface area contributed by atoms with E-state index in [2.05, 4.69) is 10.2 Å². The molecule has 0 saturated carbocycles. The lowest BCUT2D eigenvalue weighted by atomic mass is 9.98. The zero-order valence-corrected chi connectivity index (χ0v) is 14.6. The van der Waals surface area contributed by atoms with Crippen molar-refractivity contribution in [3.05, 3.63) is 59.7 Å². The summed E-state index contributed by atoms with van der Waals surface area (Å²) in [5.41, 5.74) is 3.20. The minimum absolute atomic E-state index is 0.280. The van der Waals surface area contributed by atoms with Crippen LogP contribution in [-0.2, 0) is 16.0 Å². The topological polar surface area (TPSA) is 58.6 Å². The molecule has 5 nitrogen and oxygen atoms in total. The van der Waals surface area contributed by atoms with E-state index in [0.29, 0.717) is 12.0 Å². The highest BCUT2D eigenvalue weighted by molar-refractivity contribution is 6.01. The smallest absolute Gasteiger partial charge is 0.339 e. The molecule has 0 aromatic heterocycles. The SMILES string of the molecule is O=C1OC(C(=O)Nc2ccccc2N2CCCCC2)Cc2ccccc21. The Labute approximate surface area is 153 Å². The van der Waals surface area contributed by atoms with Crippen LogP contribution in [0.5, 0.6) is 0 Å². The molecule has 1 unspecified atom stereocenters. The number of hydrogen-bond acceptors (Lipinski definition) is 4. The number of cyclic esters (lactones) is 1. The van der Waals surface area contributed by atoms with Gasteiger partial charge in [0.1, 0.15) is 0 Å².